The highest BCUT2D eigenvalue weighted by Gasteiger charge is 2.07. The van der Waals surface area contributed by atoms with E-state index in [0.29, 0.717) is 18.0 Å². The number of aromatic nitrogens is 3. The van der Waals surface area contributed by atoms with Crippen molar-refractivity contribution in [1.82, 2.24) is 14.8 Å². The molecule has 0 spiro atoms. The maximum Gasteiger partial charge on any atom is 0.226 e. The highest BCUT2D eigenvalue weighted by Crippen LogP contribution is 2.16. The van der Waals surface area contributed by atoms with E-state index in [1.54, 1.807) is 0 Å². The van der Waals surface area contributed by atoms with Gasteiger partial charge in [-0.3, -0.25) is 4.79 Å². The van der Waals surface area contributed by atoms with Crippen LogP contribution < -0.4 is 5.32 Å². The first kappa shape index (κ1) is 16.4. The van der Waals surface area contributed by atoms with E-state index in [1.807, 2.05) is 55.1 Å². The van der Waals surface area contributed by atoms with Crippen LogP contribution in [0.5, 0.6) is 0 Å². The molecule has 2 heterocycles. The van der Waals surface area contributed by atoms with Crippen LogP contribution in [0.3, 0.4) is 0 Å². The molecule has 1 amide bonds. The minimum Gasteiger partial charge on any atom is -0.302 e. The van der Waals surface area contributed by atoms with E-state index in [4.69, 9.17) is 0 Å². The van der Waals surface area contributed by atoms with Gasteiger partial charge in [-0.05, 0) is 51.0 Å². The predicted molar refractivity (Wildman–Crippen MR) is 96.8 cm³/mol. The number of nitrogens with one attached hydrogen (secondary N) is 1. The van der Waals surface area contributed by atoms with E-state index in [-0.39, 0.29) is 5.91 Å². The molecule has 1 N–H and O–H groups in total. The van der Waals surface area contributed by atoms with Gasteiger partial charge in [-0.2, -0.15) is 5.10 Å². The van der Waals surface area contributed by atoms with Crippen molar-refractivity contribution in [3.8, 4) is 5.69 Å². The third-order valence-electron chi connectivity index (χ3n) is 3.70. The molecule has 0 fully saturated rings. The van der Waals surface area contributed by atoms with Gasteiger partial charge in [0.25, 0.3) is 0 Å². The maximum absolute atomic E-state index is 12.0. The summed E-state index contributed by atoms with van der Waals surface area (Å²) in [6.45, 7) is 5.94. The second kappa shape index (κ2) is 6.97. The molecular weight excluding hydrogens is 320 g/mol. The number of nitrogens with zero attached hydrogens (tertiary/aromatic N) is 3. The number of carbonyl (C=O) groups excluding carboxylic acids is 1. The summed E-state index contributed by atoms with van der Waals surface area (Å²) in [5.41, 5.74) is 5.21. The van der Waals surface area contributed by atoms with Gasteiger partial charge in [-0.25, -0.2) is 9.67 Å². The summed E-state index contributed by atoms with van der Waals surface area (Å²) in [5, 5.41) is 9.90. The molecule has 0 unspecified atom stereocenters. The third kappa shape index (κ3) is 3.89. The molecule has 0 bridgehead atoms. The van der Waals surface area contributed by atoms with Crippen LogP contribution in [0.2, 0.25) is 0 Å². The van der Waals surface area contributed by atoms with E-state index in [9.17, 15) is 4.79 Å². The molecule has 3 aromatic rings. The number of aryl methyl sites for hydroxylation is 4. The first-order valence-electron chi connectivity index (χ1n) is 7.86. The van der Waals surface area contributed by atoms with Gasteiger partial charge in [-0.15, -0.1) is 11.3 Å². The van der Waals surface area contributed by atoms with Crippen molar-refractivity contribution in [3.05, 3.63) is 58.4 Å². The zero-order valence-corrected chi connectivity index (χ0v) is 14.9. The molecule has 0 aliphatic heterocycles. The normalized spacial score (nSPS) is 10.8. The zero-order valence-electron chi connectivity index (χ0n) is 14.0. The molecule has 0 atom stereocenters. The number of rotatable bonds is 5. The quantitative estimate of drug-likeness (QED) is 0.768. The molecule has 0 radical (unpaired) electrons. The number of benzene rings is 1. The molecular formula is C18H20N4OS. The van der Waals surface area contributed by atoms with Crippen molar-refractivity contribution in [3.63, 3.8) is 0 Å². The number of hydrogen-bond donors (Lipinski definition) is 1. The van der Waals surface area contributed by atoms with Crippen molar-refractivity contribution in [2.24, 2.45) is 0 Å². The lowest BCUT2D eigenvalue weighted by molar-refractivity contribution is -0.116. The molecule has 6 heteroatoms. The van der Waals surface area contributed by atoms with Crippen molar-refractivity contribution in [2.45, 2.75) is 33.6 Å². The summed E-state index contributed by atoms with van der Waals surface area (Å²) >= 11 is 1.45. The Morgan fingerprint density at radius 2 is 1.92 bits per heavy atom. The average Bonchev–Trinajstić information content (AvgIpc) is 3.10. The molecule has 3 rings (SSSR count). The number of anilines is 1. The summed E-state index contributed by atoms with van der Waals surface area (Å²) < 4.78 is 1.93. The van der Waals surface area contributed by atoms with Crippen LogP contribution >= 0.6 is 11.3 Å². The Kier molecular flexibility index (Phi) is 4.76. The molecule has 1 aromatic carbocycles. The molecule has 0 saturated heterocycles. The molecule has 24 heavy (non-hydrogen) atoms. The smallest absolute Gasteiger partial charge is 0.226 e. The van der Waals surface area contributed by atoms with Gasteiger partial charge in [-0.1, -0.05) is 12.1 Å². The summed E-state index contributed by atoms with van der Waals surface area (Å²) in [6.07, 6.45) is 1.14. The average molecular weight is 340 g/mol. The third-order valence-corrected chi connectivity index (χ3v) is 4.57. The molecule has 0 aliphatic carbocycles. The predicted octanol–water partition coefficient (Wildman–Crippen LogP) is 3.83. The number of amides is 1. The van der Waals surface area contributed by atoms with Crippen molar-refractivity contribution in [2.75, 3.05) is 5.32 Å². The van der Waals surface area contributed by atoms with E-state index >= 15 is 0 Å². The Hall–Kier alpha value is -2.47. The van der Waals surface area contributed by atoms with Gasteiger partial charge in [0.2, 0.25) is 5.91 Å². The highest BCUT2D eigenvalue weighted by molar-refractivity contribution is 7.13. The fraction of sp³-hybridized carbons (Fsp3) is 0.278. The minimum atomic E-state index is -0.00743. The first-order chi connectivity index (χ1) is 11.5. The fourth-order valence-electron chi connectivity index (χ4n) is 2.55. The summed E-state index contributed by atoms with van der Waals surface area (Å²) in [5.74, 6) is -0.00743. The lowest BCUT2D eigenvalue weighted by Crippen LogP contribution is -2.12. The van der Waals surface area contributed by atoms with E-state index < -0.39 is 0 Å². The van der Waals surface area contributed by atoms with Crippen LogP contribution in [0.4, 0.5) is 5.13 Å². The summed E-state index contributed by atoms with van der Waals surface area (Å²) in [6, 6.07) is 10.2. The molecule has 2 aromatic heterocycles. The Morgan fingerprint density at radius 1 is 1.17 bits per heavy atom. The standard InChI is InChI=1S/C18H20N4OS/c1-12-10-14(3)22(21-12)16-7-4-15(5-8-16)6-9-17(23)20-18-19-13(2)11-24-18/h4-5,7-8,10-11H,6,9H2,1-3H3,(H,19,20,23). The van der Waals surface area contributed by atoms with Crippen LogP contribution in [0.25, 0.3) is 5.69 Å². The van der Waals surface area contributed by atoms with Gasteiger partial charge in [0.15, 0.2) is 5.13 Å². The second-order valence-corrected chi connectivity index (χ2v) is 6.71. The molecule has 0 aliphatic rings. The largest absolute Gasteiger partial charge is 0.302 e. The Labute approximate surface area is 145 Å². The van der Waals surface area contributed by atoms with Crippen LogP contribution in [0.15, 0.2) is 35.7 Å². The zero-order chi connectivity index (χ0) is 17.1. The van der Waals surface area contributed by atoms with Crippen LogP contribution in [-0.2, 0) is 11.2 Å². The second-order valence-electron chi connectivity index (χ2n) is 5.85. The Morgan fingerprint density at radius 3 is 2.50 bits per heavy atom. The SMILES string of the molecule is Cc1csc(NC(=O)CCc2ccc(-n3nc(C)cc3C)cc2)n1. The molecule has 5 nitrogen and oxygen atoms in total. The van der Waals surface area contributed by atoms with Crippen LogP contribution in [0, 0.1) is 20.8 Å². The first-order valence-corrected chi connectivity index (χ1v) is 8.74. The van der Waals surface area contributed by atoms with E-state index in [0.717, 1.165) is 28.3 Å². The number of thiazole rings is 1. The van der Waals surface area contributed by atoms with Gasteiger partial charge in [0.05, 0.1) is 17.1 Å². The van der Waals surface area contributed by atoms with Gasteiger partial charge in [0, 0.05) is 17.5 Å². The maximum atomic E-state index is 12.0. The highest BCUT2D eigenvalue weighted by atomic mass is 32.1. The van der Waals surface area contributed by atoms with E-state index in [1.165, 1.54) is 11.3 Å². The molecule has 124 valence electrons. The summed E-state index contributed by atoms with van der Waals surface area (Å²) in [4.78, 5) is 16.2. The molecule has 0 saturated carbocycles. The topological polar surface area (TPSA) is 59.8 Å². The number of carbonyl (C=O) groups is 1. The lowest BCUT2D eigenvalue weighted by Gasteiger charge is -2.06. The van der Waals surface area contributed by atoms with E-state index in [2.05, 4.69) is 21.5 Å². The monoisotopic (exact) mass is 340 g/mol. The summed E-state index contributed by atoms with van der Waals surface area (Å²) in [7, 11) is 0. The van der Waals surface area contributed by atoms with Crippen molar-refractivity contribution in [1.29, 1.82) is 0 Å². The Bertz CT molecular complexity index is 848. The van der Waals surface area contributed by atoms with Crippen LogP contribution in [0.1, 0.15) is 29.1 Å². The lowest BCUT2D eigenvalue weighted by atomic mass is 10.1. The van der Waals surface area contributed by atoms with Gasteiger partial charge in [0.1, 0.15) is 0 Å². The Balaban J connectivity index is 1.58. The van der Waals surface area contributed by atoms with Crippen molar-refractivity contribution < 1.29 is 4.79 Å². The minimum absolute atomic E-state index is 0.00743. The van der Waals surface area contributed by atoms with Gasteiger partial charge < -0.3 is 5.32 Å². The van der Waals surface area contributed by atoms with Crippen molar-refractivity contribution >= 4 is 22.4 Å². The number of hydrogen-bond acceptors (Lipinski definition) is 4. The van der Waals surface area contributed by atoms with Gasteiger partial charge >= 0.3 is 0 Å². The fourth-order valence-corrected chi connectivity index (χ4v) is 3.25. The van der Waals surface area contributed by atoms with Crippen LogP contribution in [-0.4, -0.2) is 20.7 Å².